The van der Waals surface area contributed by atoms with Crippen LogP contribution in [0.2, 0.25) is 0 Å². The van der Waals surface area contributed by atoms with E-state index in [2.05, 4.69) is 26.8 Å². The standard InChI is InChI=1S/C13H13N3O4S/c1-20-13-5-4-12(7-10(13)3-2-6-17)21(18,19)16-11-8-14-15-9-11/h4-5,7-9,16-17H,6H2,1H3,(H,14,15). The van der Waals surface area contributed by atoms with Gasteiger partial charge >= 0.3 is 0 Å². The zero-order valence-corrected chi connectivity index (χ0v) is 11.9. The Labute approximate surface area is 122 Å². The quantitative estimate of drug-likeness (QED) is 0.716. The second-order valence-electron chi connectivity index (χ2n) is 3.91. The van der Waals surface area contributed by atoms with Gasteiger partial charge in [-0.2, -0.15) is 5.10 Å². The van der Waals surface area contributed by atoms with Crippen molar-refractivity contribution in [2.24, 2.45) is 0 Å². The molecule has 21 heavy (non-hydrogen) atoms. The number of aromatic amines is 1. The molecule has 7 nitrogen and oxygen atoms in total. The number of hydrogen-bond acceptors (Lipinski definition) is 5. The Morgan fingerprint density at radius 2 is 2.29 bits per heavy atom. The topological polar surface area (TPSA) is 104 Å². The van der Waals surface area contributed by atoms with Gasteiger partial charge in [-0.15, -0.1) is 0 Å². The number of sulfonamides is 1. The van der Waals surface area contributed by atoms with Crippen molar-refractivity contribution in [1.29, 1.82) is 0 Å². The molecule has 2 aromatic rings. The maximum atomic E-state index is 12.2. The fourth-order valence-electron chi connectivity index (χ4n) is 1.61. The maximum absolute atomic E-state index is 12.2. The summed E-state index contributed by atoms with van der Waals surface area (Å²) in [5, 5.41) is 14.9. The van der Waals surface area contributed by atoms with Gasteiger partial charge in [-0.25, -0.2) is 8.42 Å². The summed E-state index contributed by atoms with van der Waals surface area (Å²) in [5.41, 5.74) is 0.704. The molecule has 0 aliphatic carbocycles. The highest BCUT2D eigenvalue weighted by Crippen LogP contribution is 2.23. The van der Waals surface area contributed by atoms with E-state index in [0.717, 1.165) is 0 Å². The smallest absolute Gasteiger partial charge is 0.262 e. The Morgan fingerprint density at radius 1 is 1.48 bits per heavy atom. The van der Waals surface area contributed by atoms with Gasteiger partial charge in [0.1, 0.15) is 12.4 Å². The molecule has 1 aromatic heterocycles. The summed E-state index contributed by atoms with van der Waals surface area (Å²) in [6, 6.07) is 4.29. The van der Waals surface area contributed by atoms with Crippen LogP contribution in [0.3, 0.4) is 0 Å². The normalized spacial score (nSPS) is 10.6. The van der Waals surface area contributed by atoms with Gasteiger partial charge in [0.25, 0.3) is 10.0 Å². The van der Waals surface area contributed by atoms with Crippen LogP contribution < -0.4 is 9.46 Å². The number of H-pyrrole nitrogens is 1. The van der Waals surface area contributed by atoms with Gasteiger partial charge in [-0.3, -0.25) is 9.82 Å². The number of benzene rings is 1. The summed E-state index contributed by atoms with van der Waals surface area (Å²) in [5.74, 6) is 5.54. The molecule has 0 aliphatic rings. The van der Waals surface area contributed by atoms with Crippen LogP contribution in [-0.4, -0.2) is 37.4 Å². The number of ether oxygens (including phenoxy) is 1. The number of hydrogen-bond donors (Lipinski definition) is 3. The number of aromatic nitrogens is 2. The Bertz CT molecular complexity index is 773. The number of anilines is 1. The summed E-state index contributed by atoms with van der Waals surface area (Å²) in [7, 11) is -2.30. The van der Waals surface area contributed by atoms with E-state index in [4.69, 9.17) is 9.84 Å². The summed E-state index contributed by atoms with van der Waals surface area (Å²) in [6.45, 7) is -0.326. The third-order valence-electron chi connectivity index (χ3n) is 2.53. The zero-order valence-electron chi connectivity index (χ0n) is 11.1. The van der Waals surface area contributed by atoms with E-state index in [1.54, 1.807) is 0 Å². The number of aliphatic hydroxyl groups excluding tert-OH is 1. The van der Waals surface area contributed by atoms with Crippen LogP contribution in [0.15, 0.2) is 35.5 Å². The largest absolute Gasteiger partial charge is 0.495 e. The first-order valence-electron chi connectivity index (χ1n) is 5.86. The average Bonchev–Trinajstić information content (AvgIpc) is 2.96. The highest BCUT2D eigenvalue weighted by molar-refractivity contribution is 7.92. The van der Waals surface area contributed by atoms with Gasteiger partial charge in [-0.1, -0.05) is 11.8 Å². The molecule has 0 amide bonds. The molecule has 8 heteroatoms. The monoisotopic (exact) mass is 307 g/mol. The summed E-state index contributed by atoms with van der Waals surface area (Å²) in [6.07, 6.45) is 2.78. The van der Waals surface area contributed by atoms with Crippen molar-refractivity contribution in [3.63, 3.8) is 0 Å². The molecular formula is C13H13N3O4S. The molecule has 0 aliphatic heterocycles. The molecule has 0 unspecified atom stereocenters. The molecule has 1 aromatic carbocycles. The fourth-order valence-corrected chi connectivity index (χ4v) is 2.67. The first-order chi connectivity index (χ1) is 10.1. The molecule has 0 radical (unpaired) electrons. The highest BCUT2D eigenvalue weighted by atomic mass is 32.2. The Balaban J connectivity index is 2.39. The van der Waals surface area contributed by atoms with E-state index in [1.807, 2.05) is 0 Å². The molecule has 2 rings (SSSR count). The van der Waals surface area contributed by atoms with Crippen LogP contribution in [0.25, 0.3) is 0 Å². The van der Waals surface area contributed by atoms with E-state index >= 15 is 0 Å². The number of methoxy groups -OCH3 is 1. The van der Waals surface area contributed by atoms with Crippen LogP contribution >= 0.6 is 0 Å². The molecular weight excluding hydrogens is 294 g/mol. The molecule has 0 atom stereocenters. The molecule has 0 bridgehead atoms. The lowest BCUT2D eigenvalue weighted by atomic mass is 10.2. The number of rotatable bonds is 4. The van der Waals surface area contributed by atoms with Gasteiger partial charge in [0, 0.05) is 6.20 Å². The van der Waals surface area contributed by atoms with E-state index in [1.165, 1.54) is 37.7 Å². The number of aliphatic hydroxyl groups is 1. The number of nitrogens with zero attached hydrogens (tertiary/aromatic N) is 1. The van der Waals surface area contributed by atoms with Gasteiger partial charge in [0.05, 0.1) is 29.5 Å². The maximum Gasteiger partial charge on any atom is 0.262 e. The zero-order chi connectivity index (χ0) is 15.3. The van der Waals surface area contributed by atoms with Gasteiger partial charge in [0.2, 0.25) is 0 Å². The van der Waals surface area contributed by atoms with Crippen molar-refractivity contribution in [2.45, 2.75) is 4.90 Å². The molecule has 3 N–H and O–H groups in total. The first kappa shape index (κ1) is 14.9. The van der Waals surface area contributed by atoms with Crippen LogP contribution in [0.4, 0.5) is 5.69 Å². The molecule has 0 spiro atoms. The second kappa shape index (κ2) is 6.30. The number of nitrogens with one attached hydrogen (secondary N) is 2. The SMILES string of the molecule is COc1ccc(S(=O)(=O)Nc2cn[nH]c2)cc1C#CCO. The van der Waals surface area contributed by atoms with Crippen LogP contribution in [0.5, 0.6) is 5.75 Å². The minimum Gasteiger partial charge on any atom is -0.495 e. The minimum absolute atomic E-state index is 0.0340. The molecule has 1 heterocycles. The second-order valence-corrected chi connectivity index (χ2v) is 5.60. The van der Waals surface area contributed by atoms with Crippen molar-refractivity contribution in [1.82, 2.24) is 10.2 Å². The Kier molecular flexibility index (Phi) is 4.47. The van der Waals surface area contributed by atoms with Crippen molar-refractivity contribution in [2.75, 3.05) is 18.4 Å². The average molecular weight is 307 g/mol. The first-order valence-corrected chi connectivity index (χ1v) is 7.34. The molecule has 0 fully saturated rings. The molecule has 0 saturated carbocycles. The van der Waals surface area contributed by atoms with Gasteiger partial charge in [-0.05, 0) is 18.2 Å². The molecule has 110 valence electrons. The van der Waals surface area contributed by atoms with E-state index < -0.39 is 10.0 Å². The van der Waals surface area contributed by atoms with Gasteiger partial charge in [0.15, 0.2) is 0 Å². The third-order valence-corrected chi connectivity index (χ3v) is 3.91. The van der Waals surface area contributed by atoms with Crippen molar-refractivity contribution < 1.29 is 18.3 Å². The Morgan fingerprint density at radius 3 is 2.90 bits per heavy atom. The summed E-state index contributed by atoms with van der Waals surface area (Å²) in [4.78, 5) is 0.0340. The highest BCUT2D eigenvalue weighted by Gasteiger charge is 2.16. The lowest BCUT2D eigenvalue weighted by Crippen LogP contribution is -2.12. The summed E-state index contributed by atoms with van der Waals surface area (Å²) < 4.78 is 31.9. The van der Waals surface area contributed by atoms with Crippen LogP contribution in [0, 0.1) is 11.8 Å². The van der Waals surface area contributed by atoms with E-state index in [0.29, 0.717) is 17.0 Å². The predicted molar refractivity (Wildman–Crippen MR) is 76.4 cm³/mol. The predicted octanol–water partition coefficient (Wildman–Crippen LogP) is 0.563. The van der Waals surface area contributed by atoms with Crippen LogP contribution in [-0.2, 0) is 10.0 Å². The lowest BCUT2D eigenvalue weighted by molar-refractivity contribution is 0.350. The van der Waals surface area contributed by atoms with Gasteiger partial charge < -0.3 is 9.84 Å². The van der Waals surface area contributed by atoms with Crippen molar-refractivity contribution in [3.8, 4) is 17.6 Å². The minimum atomic E-state index is -3.75. The van der Waals surface area contributed by atoms with Crippen molar-refractivity contribution in [3.05, 3.63) is 36.2 Å². The fraction of sp³-hybridized carbons (Fsp3) is 0.154. The summed E-state index contributed by atoms with van der Waals surface area (Å²) >= 11 is 0. The van der Waals surface area contributed by atoms with Crippen LogP contribution in [0.1, 0.15) is 5.56 Å². The van der Waals surface area contributed by atoms with E-state index in [-0.39, 0.29) is 11.5 Å². The molecule has 0 saturated heterocycles. The van der Waals surface area contributed by atoms with E-state index in [9.17, 15) is 8.42 Å². The van der Waals surface area contributed by atoms with Crippen molar-refractivity contribution >= 4 is 15.7 Å². The lowest BCUT2D eigenvalue weighted by Gasteiger charge is -2.08. The Hall–Kier alpha value is -2.50. The third kappa shape index (κ3) is 3.53.